The molecule has 1 aliphatic heterocycles. The molecule has 7 nitrogen and oxygen atoms in total. The predicted octanol–water partition coefficient (Wildman–Crippen LogP) is 3.61. The van der Waals surface area contributed by atoms with Crippen LogP contribution in [-0.4, -0.2) is 58.6 Å². The van der Waals surface area contributed by atoms with Gasteiger partial charge in [0.1, 0.15) is 11.4 Å². The van der Waals surface area contributed by atoms with Gasteiger partial charge in [0, 0.05) is 36.0 Å². The molecule has 1 unspecified atom stereocenters. The molecule has 1 saturated heterocycles. The molecule has 1 aliphatic carbocycles. The lowest BCUT2D eigenvalue weighted by molar-refractivity contribution is 0.0696. The standard InChI is InChI=1S/C24H32N6O/c1-26-11-7-20(25)17-5-6-19(22(31)14-17)21-16-27-23(29-28-21)18-4-3-8-24(15-18)9-12-30(2)13-10-24/h5-7,11,14,16,18,31H,3-4,8-10,12-13,15,25H2,1-2H3. The Morgan fingerprint density at radius 1 is 1.26 bits per heavy atom. The van der Waals surface area contributed by atoms with Crippen molar-refractivity contribution < 1.29 is 5.11 Å². The van der Waals surface area contributed by atoms with Gasteiger partial charge in [-0.05, 0) is 75.9 Å². The molecule has 0 bridgehead atoms. The molecule has 2 heterocycles. The molecule has 0 amide bonds. The van der Waals surface area contributed by atoms with Crippen molar-refractivity contribution >= 4 is 11.9 Å². The van der Waals surface area contributed by atoms with Crippen LogP contribution in [0.15, 0.2) is 35.5 Å². The summed E-state index contributed by atoms with van der Waals surface area (Å²) in [5.74, 6) is 1.32. The highest BCUT2D eigenvalue weighted by atomic mass is 16.3. The van der Waals surface area contributed by atoms with E-state index in [0.717, 1.165) is 24.2 Å². The maximum atomic E-state index is 10.5. The van der Waals surface area contributed by atoms with Gasteiger partial charge in [-0.1, -0.05) is 12.5 Å². The average Bonchev–Trinajstić information content (AvgIpc) is 2.80. The maximum Gasteiger partial charge on any atom is 0.154 e. The monoisotopic (exact) mass is 420 g/mol. The van der Waals surface area contributed by atoms with Crippen molar-refractivity contribution in [2.45, 2.75) is 44.4 Å². The topological polar surface area (TPSA) is 101 Å². The second-order valence-electron chi connectivity index (χ2n) is 9.06. The predicted molar refractivity (Wildman–Crippen MR) is 124 cm³/mol. The molecular formula is C24H32N6O. The highest BCUT2D eigenvalue weighted by Crippen LogP contribution is 2.49. The van der Waals surface area contributed by atoms with Crippen molar-refractivity contribution in [2.75, 3.05) is 27.2 Å². The fourth-order valence-corrected chi connectivity index (χ4v) is 4.99. The van der Waals surface area contributed by atoms with E-state index in [2.05, 4.69) is 32.1 Å². The minimum atomic E-state index is 0.106. The first-order valence-electron chi connectivity index (χ1n) is 11.1. The van der Waals surface area contributed by atoms with E-state index in [1.54, 1.807) is 37.7 Å². The number of phenolic OH excluding ortho intramolecular Hbond substituents is 1. The number of nitrogens with zero attached hydrogens (tertiary/aromatic N) is 5. The summed E-state index contributed by atoms with van der Waals surface area (Å²) >= 11 is 0. The first kappa shape index (κ1) is 21.4. The van der Waals surface area contributed by atoms with E-state index in [1.165, 1.54) is 38.8 Å². The number of rotatable bonds is 4. The number of hydrogen-bond donors (Lipinski definition) is 2. The van der Waals surface area contributed by atoms with E-state index >= 15 is 0 Å². The van der Waals surface area contributed by atoms with Gasteiger partial charge in [0.05, 0.1) is 6.20 Å². The van der Waals surface area contributed by atoms with Gasteiger partial charge in [0.15, 0.2) is 5.82 Å². The molecular weight excluding hydrogens is 388 g/mol. The van der Waals surface area contributed by atoms with Crippen molar-refractivity contribution in [3.8, 4) is 17.0 Å². The summed E-state index contributed by atoms with van der Waals surface area (Å²) in [5, 5.41) is 19.4. The Labute approximate surface area is 184 Å². The number of piperidine rings is 1. The van der Waals surface area contributed by atoms with Crippen LogP contribution >= 0.6 is 0 Å². The molecule has 2 aliphatic rings. The van der Waals surface area contributed by atoms with Gasteiger partial charge < -0.3 is 15.7 Å². The van der Waals surface area contributed by atoms with Crippen LogP contribution in [0.3, 0.4) is 0 Å². The van der Waals surface area contributed by atoms with Gasteiger partial charge >= 0.3 is 0 Å². The van der Waals surface area contributed by atoms with Crippen molar-refractivity contribution in [1.82, 2.24) is 20.1 Å². The van der Waals surface area contributed by atoms with Crippen molar-refractivity contribution in [1.29, 1.82) is 0 Å². The van der Waals surface area contributed by atoms with Crippen molar-refractivity contribution in [2.24, 2.45) is 16.1 Å². The van der Waals surface area contributed by atoms with Gasteiger partial charge in [-0.25, -0.2) is 4.98 Å². The van der Waals surface area contributed by atoms with Crippen molar-refractivity contribution in [3.63, 3.8) is 0 Å². The highest BCUT2D eigenvalue weighted by molar-refractivity contribution is 5.84. The Bertz CT molecular complexity index is 961. The number of benzene rings is 1. The molecule has 7 heteroatoms. The lowest BCUT2D eigenvalue weighted by Gasteiger charge is -2.45. The largest absolute Gasteiger partial charge is 0.507 e. The summed E-state index contributed by atoms with van der Waals surface area (Å²) in [6, 6.07) is 5.28. The SMILES string of the molecule is CN=CC=C(N)c1ccc(-c2cnc(C3CCCC4(CCN(C)CC4)C3)nn2)c(O)c1. The van der Waals surface area contributed by atoms with E-state index < -0.39 is 0 Å². The summed E-state index contributed by atoms with van der Waals surface area (Å²) in [4.78, 5) is 11.0. The molecule has 1 spiro atoms. The van der Waals surface area contributed by atoms with Gasteiger partial charge in [-0.15, -0.1) is 10.2 Å². The van der Waals surface area contributed by atoms with E-state index in [4.69, 9.17) is 5.73 Å². The number of aromatic hydroxyl groups is 1. The fourth-order valence-electron chi connectivity index (χ4n) is 4.99. The third-order valence-corrected chi connectivity index (χ3v) is 6.94. The second-order valence-corrected chi connectivity index (χ2v) is 9.06. The van der Waals surface area contributed by atoms with Gasteiger partial charge in [0.2, 0.25) is 0 Å². The second kappa shape index (κ2) is 9.14. The number of likely N-dealkylation sites (tertiary alicyclic amines) is 1. The van der Waals surface area contributed by atoms with E-state index in [9.17, 15) is 5.11 Å². The van der Waals surface area contributed by atoms with Crippen LogP contribution in [-0.2, 0) is 0 Å². The Balaban J connectivity index is 1.49. The average molecular weight is 421 g/mol. The summed E-state index contributed by atoms with van der Waals surface area (Å²) in [6.45, 7) is 2.37. The van der Waals surface area contributed by atoms with Crippen LogP contribution in [0.1, 0.15) is 55.8 Å². The molecule has 1 atom stereocenters. The zero-order valence-electron chi connectivity index (χ0n) is 18.5. The number of aliphatic imine (C=N–C) groups is 1. The van der Waals surface area contributed by atoms with E-state index in [0.29, 0.717) is 28.3 Å². The Hall–Kier alpha value is -2.80. The minimum absolute atomic E-state index is 0.106. The van der Waals surface area contributed by atoms with E-state index in [-0.39, 0.29) is 5.75 Å². The normalized spacial score (nSPS) is 22.3. The van der Waals surface area contributed by atoms with E-state index in [1.807, 2.05) is 6.07 Å². The zero-order chi connectivity index (χ0) is 21.8. The number of nitrogens with two attached hydrogens (primary N) is 1. The molecule has 1 aromatic heterocycles. The minimum Gasteiger partial charge on any atom is -0.507 e. The highest BCUT2D eigenvalue weighted by Gasteiger charge is 2.39. The van der Waals surface area contributed by atoms with Gasteiger partial charge in [-0.3, -0.25) is 4.99 Å². The van der Waals surface area contributed by atoms with Crippen LogP contribution in [0.4, 0.5) is 0 Å². The lowest BCUT2D eigenvalue weighted by atomic mass is 9.64. The Morgan fingerprint density at radius 2 is 2.06 bits per heavy atom. The summed E-state index contributed by atoms with van der Waals surface area (Å²) in [7, 11) is 3.89. The summed E-state index contributed by atoms with van der Waals surface area (Å²) < 4.78 is 0. The molecule has 2 aromatic rings. The molecule has 2 fully saturated rings. The zero-order valence-corrected chi connectivity index (χ0v) is 18.5. The number of hydrogen-bond acceptors (Lipinski definition) is 7. The Morgan fingerprint density at radius 3 is 2.74 bits per heavy atom. The van der Waals surface area contributed by atoms with Gasteiger partial charge in [-0.2, -0.15) is 0 Å². The molecule has 1 saturated carbocycles. The lowest BCUT2D eigenvalue weighted by Crippen LogP contribution is -2.40. The number of phenols is 1. The molecule has 3 N–H and O–H groups in total. The van der Waals surface area contributed by atoms with Crippen LogP contribution < -0.4 is 5.73 Å². The molecule has 31 heavy (non-hydrogen) atoms. The third-order valence-electron chi connectivity index (χ3n) is 6.94. The molecule has 0 radical (unpaired) electrons. The first-order valence-corrected chi connectivity index (χ1v) is 11.1. The first-order chi connectivity index (χ1) is 15.0. The Kier molecular flexibility index (Phi) is 6.32. The summed E-state index contributed by atoms with van der Waals surface area (Å²) in [5.41, 5.74) is 8.89. The van der Waals surface area contributed by atoms with Gasteiger partial charge in [0.25, 0.3) is 0 Å². The number of allylic oxidation sites excluding steroid dienone is 1. The fraction of sp³-hybridized carbons (Fsp3) is 0.500. The maximum absolute atomic E-state index is 10.5. The van der Waals surface area contributed by atoms with Crippen LogP contribution in [0.2, 0.25) is 0 Å². The van der Waals surface area contributed by atoms with Crippen molar-refractivity contribution in [3.05, 3.63) is 41.9 Å². The van der Waals surface area contributed by atoms with Crippen LogP contribution in [0.5, 0.6) is 5.75 Å². The molecule has 1 aromatic carbocycles. The number of aromatic nitrogens is 3. The van der Waals surface area contributed by atoms with Crippen LogP contribution in [0, 0.1) is 5.41 Å². The molecule has 164 valence electrons. The summed E-state index contributed by atoms with van der Waals surface area (Å²) in [6.07, 6.45) is 12.4. The quantitative estimate of drug-likeness (QED) is 0.733. The third kappa shape index (κ3) is 4.77. The smallest absolute Gasteiger partial charge is 0.154 e. The van der Waals surface area contributed by atoms with Crippen LogP contribution in [0.25, 0.3) is 17.0 Å². The molecule has 4 rings (SSSR count).